The van der Waals surface area contributed by atoms with Crippen LogP contribution in [0.25, 0.3) is 0 Å². The Bertz CT molecular complexity index is 1090. The fourth-order valence-electron chi connectivity index (χ4n) is 4.35. The average Bonchev–Trinajstić information content (AvgIpc) is 2.85. The van der Waals surface area contributed by atoms with Gasteiger partial charge in [0.05, 0.1) is 0 Å². The van der Waals surface area contributed by atoms with E-state index in [2.05, 4.69) is 29.6 Å². The summed E-state index contributed by atoms with van der Waals surface area (Å²) in [6.07, 6.45) is -0.217. The van der Waals surface area contributed by atoms with Crippen molar-refractivity contribution in [2.75, 3.05) is 6.26 Å². The van der Waals surface area contributed by atoms with Crippen LogP contribution in [0.3, 0.4) is 0 Å². The number of carbonyl (C=O) groups is 2. The molecule has 6 N–H and O–H groups in total. The number of nitrogens with one attached hydrogen (secondary N) is 1. The number of hydrogen-bond acceptors (Lipinski definition) is 7. The third kappa shape index (κ3) is 7.33. The largest absolute Gasteiger partial charge is 0.387 e. The van der Waals surface area contributed by atoms with Crippen molar-refractivity contribution >= 4 is 23.6 Å². The number of thioether (sulfide) groups is 1. The number of aryl methyl sites for hydroxylation is 2. The Morgan fingerprint density at radius 3 is 2.30 bits per heavy atom. The van der Waals surface area contributed by atoms with E-state index in [1.54, 1.807) is 20.1 Å². The van der Waals surface area contributed by atoms with Gasteiger partial charge in [-0.1, -0.05) is 42.5 Å². The molecule has 1 aliphatic rings. The molecular formula is C28H38N2O6S. The molecule has 0 spiro atoms. The number of carbonyl (C=O) groups excluding carboxylic acids is 2. The molecule has 5 atom stereocenters. The van der Waals surface area contributed by atoms with Crippen LogP contribution in [0.2, 0.25) is 0 Å². The number of aliphatic hydroxyl groups is 3. The first-order chi connectivity index (χ1) is 17.4. The van der Waals surface area contributed by atoms with Gasteiger partial charge in [0, 0.05) is 6.42 Å². The summed E-state index contributed by atoms with van der Waals surface area (Å²) in [6.45, 7) is 5.20. The maximum atomic E-state index is 12.1. The number of rotatable bonds is 10. The van der Waals surface area contributed by atoms with Gasteiger partial charge in [0.2, 0.25) is 11.8 Å². The second kappa shape index (κ2) is 12.4. The molecule has 3 rings (SSSR count). The van der Waals surface area contributed by atoms with Crippen molar-refractivity contribution < 1.29 is 29.6 Å². The van der Waals surface area contributed by atoms with Crippen LogP contribution in [-0.2, 0) is 27.2 Å². The van der Waals surface area contributed by atoms with Crippen molar-refractivity contribution in [3.05, 3.63) is 70.3 Å². The molecule has 0 aromatic heterocycles. The van der Waals surface area contributed by atoms with Crippen molar-refractivity contribution in [3.8, 4) is 0 Å². The van der Waals surface area contributed by atoms with E-state index in [0.717, 1.165) is 34.2 Å². The molecular weight excluding hydrogens is 492 g/mol. The Labute approximate surface area is 222 Å². The zero-order valence-corrected chi connectivity index (χ0v) is 22.6. The second-order valence-electron chi connectivity index (χ2n) is 10.2. The third-order valence-electron chi connectivity index (χ3n) is 6.86. The number of aliphatic hydroxyl groups excluding tert-OH is 3. The van der Waals surface area contributed by atoms with Crippen molar-refractivity contribution in [2.24, 2.45) is 5.73 Å². The zero-order valence-electron chi connectivity index (χ0n) is 21.8. The van der Waals surface area contributed by atoms with E-state index in [-0.39, 0.29) is 5.91 Å². The Hall–Kier alpha value is -2.43. The summed E-state index contributed by atoms with van der Waals surface area (Å²) < 4.78 is 5.92. The highest BCUT2D eigenvalue weighted by Crippen LogP contribution is 2.36. The van der Waals surface area contributed by atoms with Crippen LogP contribution in [0.5, 0.6) is 0 Å². The number of primary amides is 1. The van der Waals surface area contributed by atoms with Crippen LogP contribution >= 0.6 is 11.8 Å². The maximum absolute atomic E-state index is 12.1. The summed E-state index contributed by atoms with van der Waals surface area (Å²) in [5.41, 5.74) is 8.79. The van der Waals surface area contributed by atoms with Crippen LogP contribution in [0.4, 0.5) is 0 Å². The van der Waals surface area contributed by atoms with E-state index in [0.29, 0.717) is 19.3 Å². The molecule has 2 aromatic carbocycles. The summed E-state index contributed by atoms with van der Waals surface area (Å²) in [5, 5.41) is 33.6. The smallest absolute Gasteiger partial charge is 0.242 e. The highest BCUT2D eigenvalue weighted by atomic mass is 32.2. The van der Waals surface area contributed by atoms with Gasteiger partial charge in [-0.15, -0.1) is 11.8 Å². The van der Waals surface area contributed by atoms with Gasteiger partial charge in [-0.3, -0.25) is 9.59 Å². The molecule has 5 unspecified atom stereocenters. The molecule has 1 fully saturated rings. The Balaban J connectivity index is 1.61. The van der Waals surface area contributed by atoms with Crippen LogP contribution in [0.1, 0.15) is 60.6 Å². The Morgan fingerprint density at radius 2 is 1.68 bits per heavy atom. The lowest BCUT2D eigenvalue weighted by Gasteiger charge is -2.40. The Kier molecular flexibility index (Phi) is 9.77. The molecule has 37 heavy (non-hydrogen) atoms. The van der Waals surface area contributed by atoms with Crippen molar-refractivity contribution in [3.63, 3.8) is 0 Å². The van der Waals surface area contributed by atoms with Gasteiger partial charge in [0.15, 0.2) is 0 Å². The summed E-state index contributed by atoms with van der Waals surface area (Å²) in [7, 11) is 0. The number of amides is 2. The van der Waals surface area contributed by atoms with Gasteiger partial charge in [-0.05, 0) is 74.1 Å². The molecule has 202 valence electrons. The Morgan fingerprint density at radius 1 is 1.03 bits per heavy atom. The predicted octanol–water partition coefficient (Wildman–Crippen LogP) is 2.13. The highest BCUT2D eigenvalue weighted by molar-refractivity contribution is 7.99. The van der Waals surface area contributed by atoms with Crippen LogP contribution in [0, 0.1) is 6.92 Å². The molecule has 0 aliphatic carbocycles. The van der Waals surface area contributed by atoms with Crippen molar-refractivity contribution in [1.82, 2.24) is 5.32 Å². The van der Waals surface area contributed by atoms with Gasteiger partial charge >= 0.3 is 0 Å². The van der Waals surface area contributed by atoms with Crippen LogP contribution < -0.4 is 11.1 Å². The van der Waals surface area contributed by atoms with E-state index in [1.807, 2.05) is 25.1 Å². The lowest BCUT2D eigenvalue weighted by Crippen LogP contribution is -2.52. The lowest BCUT2D eigenvalue weighted by molar-refractivity contribution is -0.200. The van der Waals surface area contributed by atoms with E-state index < -0.39 is 41.3 Å². The predicted molar refractivity (Wildman–Crippen MR) is 144 cm³/mol. The quantitative estimate of drug-likeness (QED) is 0.317. The second-order valence-corrected chi connectivity index (χ2v) is 11.1. The first kappa shape index (κ1) is 29.1. The molecule has 2 aromatic rings. The molecule has 0 bridgehead atoms. The van der Waals surface area contributed by atoms with Crippen LogP contribution in [0.15, 0.2) is 42.5 Å². The standard InChI is InChI=1S/C28H38N2O6S/c1-16-8-13-19(25-23(33)22(32)24(34)26(36-25)37-4)15-20(16)14-18-11-9-17(10-12-18)6-5-7-21(31)30-28(2,3)27(29)35/h8-13,15,22-26,32-34H,5-7,14H2,1-4H3,(H2,29,35)(H,30,31). The zero-order chi connectivity index (χ0) is 27.3. The molecule has 2 amide bonds. The molecule has 1 saturated heterocycles. The minimum absolute atomic E-state index is 0.200. The fourth-order valence-corrected chi connectivity index (χ4v) is 5.02. The summed E-state index contributed by atoms with van der Waals surface area (Å²) in [6, 6.07) is 14.1. The van der Waals surface area contributed by atoms with Gasteiger partial charge in [0.1, 0.15) is 35.4 Å². The normalized spacial score (nSPS) is 24.0. The van der Waals surface area contributed by atoms with E-state index in [4.69, 9.17) is 10.5 Å². The number of ether oxygens (including phenoxy) is 1. The number of nitrogens with two attached hydrogens (primary N) is 1. The van der Waals surface area contributed by atoms with E-state index in [1.165, 1.54) is 11.8 Å². The van der Waals surface area contributed by atoms with Crippen molar-refractivity contribution in [2.45, 2.75) is 81.8 Å². The van der Waals surface area contributed by atoms with Gasteiger partial charge < -0.3 is 31.1 Å². The number of benzene rings is 2. The van der Waals surface area contributed by atoms with E-state index in [9.17, 15) is 24.9 Å². The molecule has 1 aliphatic heterocycles. The lowest BCUT2D eigenvalue weighted by atomic mass is 9.91. The molecule has 8 nitrogen and oxygen atoms in total. The summed E-state index contributed by atoms with van der Waals surface area (Å²) in [4.78, 5) is 23.5. The van der Waals surface area contributed by atoms with E-state index >= 15 is 0 Å². The van der Waals surface area contributed by atoms with Crippen molar-refractivity contribution in [1.29, 1.82) is 0 Å². The molecule has 9 heteroatoms. The average molecular weight is 531 g/mol. The van der Waals surface area contributed by atoms with Gasteiger partial charge in [0.25, 0.3) is 0 Å². The molecule has 0 saturated carbocycles. The van der Waals surface area contributed by atoms with Gasteiger partial charge in [-0.25, -0.2) is 0 Å². The summed E-state index contributed by atoms with van der Waals surface area (Å²) in [5.74, 6) is -0.770. The minimum Gasteiger partial charge on any atom is -0.387 e. The minimum atomic E-state index is -1.28. The SMILES string of the molecule is CSC1OC(c2ccc(C)c(Cc3ccc(CCCC(=O)NC(C)(C)C(N)=O)cc3)c2)C(O)C(O)C1O. The summed E-state index contributed by atoms with van der Waals surface area (Å²) >= 11 is 1.30. The first-order valence-electron chi connectivity index (χ1n) is 12.4. The topological polar surface area (TPSA) is 142 Å². The molecule has 1 heterocycles. The maximum Gasteiger partial charge on any atom is 0.242 e. The third-order valence-corrected chi connectivity index (χ3v) is 7.71. The monoisotopic (exact) mass is 530 g/mol. The first-order valence-corrected chi connectivity index (χ1v) is 13.7. The van der Waals surface area contributed by atoms with Crippen LogP contribution in [-0.4, -0.2) is 62.7 Å². The number of hydrogen-bond donors (Lipinski definition) is 5. The van der Waals surface area contributed by atoms with Gasteiger partial charge in [-0.2, -0.15) is 0 Å². The fraction of sp³-hybridized carbons (Fsp3) is 0.500. The highest BCUT2D eigenvalue weighted by Gasteiger charge is 2.44. The molecule has 0 radical (unpaired) electrons.